The fraction of sp³-hybridized carbons (Fsp3) is 0.412. The van der Waals surface area contributed by atoms with Gasteiger partial charge in [-0.05, 0) is 38.0 Å². The lowest BCUT2D eigenvalue weighted by Gasteiger charge is -2.17. The Morgan fingerprint density at radius 1 is 1.31 bits per heavy atom. The van der Waals surface area contributed by atoms with Gasteiger partial charge in [-0.15, -0.1) is 12.4 Å². The van der Waals surface area contributed by atoms with Crippen molar-refractivity contribution in [2.75, 3.05) is 0 Å². The van der Waals surface area contributed by atoms with E-state index < -0.39 is 11.2 Å². The smallest absolute Gasteiger partial charge is 0.328 e. The molecule has 1 aliphatic carbocycles. The molecular formula is C17H20ClN5O3. The van der Waals surface area contributed by atoms with E-state index in [0.29, 0.717) is 34.7 Å². The number of aromatic amines is 1. The van der Waals surface area contributed by atoms with Gasteiger partial charge in [0.05, 0.1) is 16.4 Å². The van der Waals surface area contributed by atoms with E-state index in [2.05, 4.69) is 15.1 Å². The normalized spacial score (nSPS) is 15.9. The summed E-state index contributed by atoms with van der Waals surface area (Å²) < 4.78 is 6.52. The van der Waals surface area contributed by atoms with Crippen LogP contribution in [-0.4, -0.2) is 19.7 Å². The van der Waals surface area contributed by atoms with Gasteiger partial charge in [-0.25, -0.2) is 4.79 Å². The van der Waals surface area contributed by atoms with Gasteiger partial charge in [0.15, 0.2) is 5.82 Å². The van der Waals surface area contributed by atoms with Crippen molar-refractivity contribution in [3.8, 4) is 11.5 Å². The molecule has 26 heavy (non-hydrogen) atoms. The Bertz CT molecular complexity index is 1060. The maximum absolute atomic E-state index is 12.3. The highest BCUT2D eigenvalue weighted by Crippen LogP contribution is 2.35. The predicted molar refractivity (Wildman–Crippen MR) is 99.4 cm³/mol. The summed E-state index contributed by atoms with van der Waals surface area (Å²) in [5.74, 6) is 0.837. The summed E-state index contributed by atoms with van der Waals surface area (Å²) in [5, 5.41) is 4.48. The second-order valence-corrected chi connectivity index (χ2v) is 6.53. The molecule has 2 aromatic heterocycles. The lowest BCUT2D eigenvalue weighted by atomic mass is 9.99. The molecule has 0 aliphatic heterocycles. The van der Waals surface area contributed by atoms with Crippen molar-refractivity contribution in [3.63, 3.8) is 0 Å². The summed E-state index contributed by atoms with van der Waals surface area (Å²) in [4.78, 5) is 31.5. The number of aromatic nitrogens is 4. The molecule has 138 valence electrons. The third kappa shape index (κ3) is 2.85. The lowest BCUT2D eigenvalue weighted by molar-refractivity contribution is 0.372. The van der Waals surface area contributed by atoms with Crippen LogP contribution in [0.25, 0.3) is 22.4 Å². The quantitative estimate of drug-likeness (QED) is 0.719. The summed E-state index contributed by atoms with van der Waals surface area (Å²) in [6.07, 6.45) is 3.80. The van der Waals surface area contributed by atoms with E-state index in [4.69, 9.17) is 10.3 Å². The van der Waals surface area contributed by atoms with E-state index in [-0.39, 0.29) is 18.0 Å². The fourth-order valence-electron chi connectivity index (χ4n) is 3.45. The third-order valence-electron chi connectivity index (χ3n) is 4.91. The molecule has 3 N–H and O–H groups in total. The van der Waals surface area contributed by atoms with E-state index >= 15 is 0 Å². The Balaban J connectivity index is 0.00000196. The molecule has 4 rings (SSSR count). The number of benzene rings is 1. The molecule has 0 amide bonds. The first kappa shape index (κ1) is 18.3. The fourth-order valence-corrected chi connectivity index (χ4v) is 3.45. The molecule has 0 atom stereocenters. The number of hydrogen-bond acceptors (Lipinski definition) is 6. The van der Waals surface area contributed by atoms with Crippen molar-refractivity contribution in [2.45, 2.75) is 44.7 Å². The first-order valence-corrected chi connectivity index (χ1v) is 8.42. The highest BCUT2D eigenvalue weighted by atomic mass is 35.5. The van der Waals surface area contributed by atoms with Gasteiger partial charge in [-0.3, -0.25) is 9.36 Å². The lowest BCUT2D eigenvalue weighted by Crippen LogP contribution is -2.34. The van der Waals surface area contributed by atoms with Gasteiger partial charge in [0.25, 0.3) is 11.4 Å². The number of nitrogens with two attached hydrogens (primary N) is 1. The molecule has 1 fully saturated rings. The largest absolute Gasteiger partial charge is 0.334 e. The molecule has 1 saturated carbocycles. The van der Waals surface area contributed by atoms with E-state index in [1.54, 1.807) is 25.1 Å². The number of H-pyrrole nitrogens is 1. The number of halogens is 1. The minimum atomic E-state index is -0.526. The molecule has 8 nitrogen and oxygen atoms in total. The van der Waals surface area contributed by atoms with Crippen LogP contribution in [0.5, 0.6) is 0 Å². The van der Waals surface area contributed by atoms with Crippen molar-refractivity contribution in [3.05, 3.63) is 44.9 Å². The van der Waals surface area contributed by atoms with E-state index in [9.17, 15) is 9.59 Å². The van der Waals surface area contributed by atoms with Crippen LogP contribution in [0.2, 0.25) is 0 Å². The predicted octanol–water partition coefficient (Wildman–Crippen LogP) is 1.91. The summed E-state index contributed by atoms with van der Waals surface area (Å²) in [5.41, 5.74) is 6.16. The van der Waals surface area contributed by atoms with Crippen LogP contribution < -0.4 is 17.0 Å². The molecular weight excluding hydrogens is 358 g/mol. The number of rotatable bonds is 3. The maximum Gasteiger partial charge on any atom is 0.328 e. The second kappa shape index (κ2) is 6.69. The van der Waals surface area contributed by atoms with Crippen LogP contribution in [0, 0.1) is 0 Å². The highest BCUT2D eigenvalue weighted by molar-refractivity contribution is 5.85. The maximum atomic E-state index is 12.3. The molecule has 2 heterocycles. The molecule has 3 aromatic rings. The minimum Gasteiger partial charge on any atom is -0.334 e. The average molecular weight is 378 g/mol. The Morgan fingerprint density at radius 2 is 2.04 bits per heavy atom. The zero-order chi connectivity index (χ0) is 17.6. The molecule has 0 unspecified atom stereocenters. The van der Waals surface area contributed by atoms with Gasteiger partial charge in [-0.2, -0.15) is 4.98 Å². The zero-order valence-corrected chi connectivity index (χ0v) is 15.1. The summed E-state index contributed by atoms with van der Waals surface area (Å²) in [6, 6.07) is 5.07. The van der Waals surface area contributed by atoms with Crippen LogP contribution in [0.3, 0.4) is 0 Å². The van der Waals surface area contributed by atoms with E-state index in [1.165, 1.54) is 0 Å². The van der Waals surface area contributed by atoms with Gasteiger partial charge in [0.1, 0.15) is 0 Å². The monoisotopic (exact) mass is 377 g/mol. The molecule has 9 heteroatoms. The molecule has 0 radical (unpaired) electrons. The number of nitrogens with one attached hydrogen (secondary N) is 1. The van der Waals surface area contributed by atoms with Gasteiger partial charge in [-0.1, -0.05) is 18.0 Å². The Hall–Kier alpha value is -2.45. The first-order valence-electron chi connectivity index (χ1n) is 8.42. The molecule has 1 aliphatic rings. The van der Waals surface area contributed by atoms with Crippen molar-refractivity contribution in [1.82, 2.24) is 19.7 Å². The highest BCUT2D eigenvalue weighted by Gasteiger charge is 2.36. The third-order valence-corrected chi connectivity index (χ3v) is 4.91. The number of hydrogen-bond donors (Lipinski definition) is 2. The number of fused-ring (bicyclic) bond motifs is 1. The van der Waals surface area contributed by atoms with Gasteiger partial charge < -0.3 is 15.2 Å². The topological polar surface area (TPSA) is 120 Å². The van der Waals surface area contributed by atoms with Gasteiger partial charge in [0.2, 0.25) is 0 Å². The van der Waals surface area contributed by atoms with Crippen LogP contribution in [0.1, 0.15) is 38.4 Å². The van der Waals surface area contributed by atoms with Crippen molar-refractivity contribution >= 4 is 23.3 Å². The zero-order valence-electron chi connectivity index (χ0n) is 14.3. The molecule has 0 spiro atoms. The van der Waals surface area contributed by atoms with Crippen LogP contribution in [-0.2, 0) is 12.1 Å². The minimum absolute atomic E-state index is 0. The SMILES string of the molecule is CCn1c(=O)[nH]c2cc(-c3nc(C4(N)CCCC4)no3)ccc2c1=O.Cl. The summed E-state index contributed by atoms with van der Waals surface area (Å²) in [6.45, 7) is 2.07. The second-order valence-electron chi connectivity index (χ2n) is 6.53. The van der Waals surface area contributed by atoms with Gasteiger partial charge >= 0.3 is 5.69 Å². The van der Waals surface area contributed by atoms with Crippen molar-refractivity contribution in [1.29, 1.82) is 0 Å². The Labute approximate surface area is 154 Å². The van der Waals surface area contributed by atoms with Crippen LogP contribution >= 0.6 is 12.4 Å². The van der Waals surface area contributed by atoms with Gasteiger partial charge in [0, 0.05) is 12.1 Å². The van der Waals surface area contributed by atoms with Crippen molar-refractivity contribution < 1.29 is 4.52 Å². The molecule has 1 aromatic carbocycles. The standard InChI is InChI=1S/C17H19N5O3.ClH/c1-2-22-14(23)11-6-5-10(9-12(11)19-16(22)24)13-20-15(21-25-13)17(18)7-3-4-8-17;/h5-6,9H,2-4,7-8,18H2,1H3,(H,19,24);1H. The molecule has 0 saturated heterocycles. The van der Waals surface area contributed by atoms with Crippen LogP contribution in [0.15, 0.2) is 32.3 Å². The van der Waals surface area contributed by atoms with Crippen molar-refractivity contribution in [2.24, 2.45) is 5.73 Å². The number of nitrogens with zero attached hydrogens (tertiary/aromatic N) is 3. The summed E-state index contributed by atoms with van der Waals surface area (Å²) in [7, 11) is 0. The van der Waals surface area contributed by atoms with E-state index in [1.807, 2.05) is 0 Å². The Morgan fingerprint density at radius 3 is 2.73 bits per heavy atom. The molecule has 0 bridgehead atoms. The Kier molecular flexibility index (Phi) is 4.72. The van der Waals surface area contributed by atoms with E-state index in [0.717, 1.165) is 30.3 Å². The van der Waals surface area contributed by atoms with Crippen LogP contribution in [0.4, 0.5) is 0 Å². The summed E-state index contributed by atoms with van der Waals surface area (Å²) >= 11 is 0. The average Bonchev–Trinajstić information content (AvgIpc) is 3.25. The first-order chi connectivity index (χ1) is 12.0.